The van der Waals surface area contributed by atoms with Gasteiger partial charge in [0.1, 0.15) is 5.82 Å². The van der Waals surface area contributed by atoms with Crippen molar-refractivity contribution in [3.05, 3.63) is 65.6 Å². The van der Waals surface area contributed by atoms with Crippen molar-refractivity contribution in [2.45, 2.75) is 19.3 Å². The van der Waals surface area contributed by atoms with Crippen molar-refractivity contribution in [2.75, 3.05) is 23.3 Å². The number of benzene rings is 1. The monoisotopic (exact) mass is 379 g/mol. The predicted octanol–water partition coefficient (Wildman–Crippen LogP) is 3.38. The number of carbonyl (C=O) groups excluding carboxylic acids is 1. The molecular weight excluding hydrogens is 358 g/mol. The minimum absolute atomic E-state index is 0.0317. The Morgan fingerprint density at radius 2 is 2.07 bits per heavy atom. The number of piperidine rings is 1. The number of rotatable bonds is 5. The van der Waals surface area contributed by atoms with E-state index < -0.39 is 0 Å². The molecule has 4 rings (SSSR count). The van der Waals surface area contributed by atoms with Crippen LogP contribution in [0.25, 0.3) is 0 Å². The summed E-state index contributed by atoms with van der Waals surface area (Å²) in [6.45, 7) is 1.56. The first kappa shape index (κ1) is 17.6. The first-order chi connectivity index (χ1) is 13.3. The zero-order valence-corrected chi connectivity index (χ0v) is 15.7. The number of thiazole rings is 1. The summed E-state index contributed by atoms with van der Waals surface area (Å²) in [4.78, 5) is 28.8. The highest BCUT2D eigenvalue weighted by molar-refractivity contribution is 7.15. The second-order valence-electron chi connectivity index (χ2n) is 6.63. The number of amides is 1. The van der Waals surface area contributed by atoms with Crippen molar-refractivity contribution in [3.63, 3.8) is 0 Å². The Kier molecular flexibility index (Phi) is 5.39. The van der Waals surface area contributed by atoms with Crippen LogP contribution in [0.4, 0.5) is 10.9 Å². The van der Waals surface area contributed by atoms with Gasteiger partial charge in [0.25, 0.3) is 0 Å². The van der Waals surface area contributed by atoms with Crippen molar-refractivity contribution in [3.8, 4) is 0 Å². The lowest BCUT2D eigenvalue weighted by Crippen LogP contribution is -2.41. The minimum atomic E-state index is -0.0674. The topological polar surface area (TPSA) is 71.0 Å². The number of nitrogens with zero attached hydrogens (tertiary/aromatic N) is 4. The van der Waals surface area contributed by atoms with Crippen molar-refractivity contribution >= 4 is 28.2 Å². The summed E-state index contributed by atoms with van der Waals surface area (Å²) in [7, 11) is 0. The summed E-state index contributed by atoms with van der Waals surface area (Å²) in [6.07, 6.45) is 9.61. The van der Waals surface area contributed by atoms with Crippen molar-refractivity contribution < 1.29 is 4.79 Å². The molecule has 1 N–H and O–H groups in total. The van der Waals surface area contributed by atoms with Gasteiger partial charge in [-0.2, -0.15) is 0 Å². The molecule has 0 saturated carbocycles. The molecule has 1 aliphatic rings. The van der Waals surface area contributed by atoms with Gasteiger partial charge in [-0.05, 0) is 18.4 Å². The number of hydrogen-bond acceptors (Lipinski definition) is 6. The van der Waals surface area contributed by atoms with Gasteiger partial charge < -0.3 is 10.2 Å². The van der Waals surface area contributed by atoms with Crippen molar-refractivity contribution in [1.82, 2.24) is 15.0 Å². The summed E-state index contributed by atoms with van der Waals surface area (Å²) < 4.78 is 0. The maximum atomic E-state index is 12.7. The zero-order valence-electron chi connectivity index (χ0n) is 14.9. The molecule has 1 aromatic carbocycles. The lowest BCUT2D eigenvalue weighted by molar-refractivity contribution is -0.120. The summed E-state index contributed by atoms with van der Waals surface area (Å²) >= 11 is 1.54. The minimum Gasteiger partial charge on any atom is -0.355 e. The number of aromatic nitrogens is 3. The van der Waals surface area contributed by atoms with E-state index in [0.29, 0.717) is 11.7 Å². The average Bonchev–Trinajstić information content (AvgIpc) is 3.16. The SMILES string of the molecule is O=C(Nc1ncc(Cc2ccccc2)s1)C1CCCN(c2cnccn2)C1. The van der Waals surface area contributed by atoms with Crippen LogP contribution in [-0.2, 0) is 11.2 Å². The highest BCUT2D eigenvalue weighted by Crippen LogP contribution is 2.25. The van der Waals surface area contributed by atoms with E-state index in [1.165, 1.54) is 16.9 Å². The molecule has 1 aliphatic heterocycles. The molecule has 27 heavy (non-hydrogen) atoms. The Labute approximate surface area is 162 Å². The normalized spacial score (nSPS) is 16.9. The highest BCUT2D eigenvalue weighted by atomic mass is 32.1. The maximum Gasteiger partial charge on any atom is 0.231 e. The number of anilines is 2. The molecule has 0 spiro atoms. The molecule has 2 aromatic heterocycles. The molecule has 0 aliphatic carbocycles. The zero-order chi connectivity index (χ0) is 18.5. The van der Waals surface area contributed by atoms with Crippen LogP contribution in [0.1, 0.15) is 23.3 Å². The van der Waals surface area contributed by atoms with Gasteiger partial charge in [-0.3, -0.25) is 9.78 Å². The summed E-state index contributed by atoms with van der Waals surface area (Å²) in [5.74, 6) is 0.792. The lowest BCUT2D eigenvalue weighted by atomic mass is 9.97. The summed E-state index contributed by atoms with van der Waals surface area (Å²) in [6, 6.07) is 10.3. The Morgan fingerprint density at radius 1 is 1.19 bits per heavy atom. The Morgan fingerprint density at radius 3 is 2.89 bits per heavy atom. The van der Waals surface area contributed by atoms with Crippen LogP contribution in [-0.4, -0.2) is 33.9 Å². The van der Waals surface area contributed by atoms with Gasteiger partial charge in [-0.15, -0.1) is 11.3 Å². The Bertz CT molecular complexity index is 884. The van der Waals surface area contributed by atoms with Crippen LogP contribution in [0.5, 0.6) is 0 Å². The van der Waals surface area contributed by atoms with Gasteiger partial charge >= 0.3 is 0 Å². The average molecular weight is 379 g/mol. The standard InChI is InChI=1S/C20H21N5OS/c26-19(16-7-4-10-25(14-16)18-13-21-8-9-22-18)24-20-23-12-17(27-20)11-15-5-2-1-3-6-15/h1-3,5-6,8-9,12-13,16H,4,7,10-11,14H2,(H,23,24,26). The molecular formula is C20H21N5OS. The second kappa shape index (κ2) is 8.26. The van der Waals surface area contributed by atoms with Gasteiger partial charge in [-0.25, -0.2) is 9.97 Å². The van der Waals surface area contributed by atoms with E-state index in [1.54, 1.807) is 18.6 Å². The second-order valence-corrected chi connectivity index (χ2v) is 7.75. The van der Waals surface area contributed by atoms with Gasteiger partial charge in [0.2, 0.25) is 5.91 Å². The molecule has 6 nitrogen and oxygen atoms in total. The fourth-order valence-corrected chi connectivity index (χ4v) is 4.15. The lowest BCUT2D eigenvalue weighted by Gasteiger charge is -2.32. The molecule has 1 atom stereocenters. The molecule has 0 radical (unpaired) electrons. The van der Waals surface area contributed by atoms with E-state index in [2.05, 4.69) is 37.3 Å². The van der Waals surface area contributed by atoms with Crippen LogP contribution in [0.15, 0.2) is 55.1 Å². The molecule has 3 aromatic rings. The molecule has 1 amide bonds. The van der Waals surface area contributed by atoms with Crippen LogP contribution in [0.3, 0.4) is 0 Å². The van der Waals surface area contributed by atoms with Crippen molar-refractivity contribution in [2.24, 2.45) is 5.92 Å². The smallest absolute Gasteiger partial charge is 0.231 e. The fraction of sp³-hybridized carbons (Fsp3) is 0.300. The highest BCUT2D eigenvalue weighted by Gasteiger charge is 2.27. The first-order valence-corrected chi connectivity index (χ1v) is 9.90. The van der Waals surface area contributed by atoms with E-state index in [9.17, 15) is 4.79 Å². The van der Waals surface area contributed by atoms with E-state index in [4.69, 9.17) is 0 Å². The van der Waals surface area contributed by atoms with Gasteiger partial charge in [-0.1, -0.05) is 30.3 Å². The van der Waals surface area contributed by atoms with Gasteiger partial charge in [0.05, 0.1) is 12.1 Å². The quantitative estimate of drug-likeness (QED) is 0.736. The molecule has 1 unspecified atom stereocenters. The number of hydrogen-bond donors (Lipinski definition) is 1. The molecule has 0 bridgehead atoms. The third-order valence-electron chi connectivity index (χ3n) is 4.67. The van der Waals surface area contributed by atoms with E-state index >= 15 is 0 Å². The summed E-state index contributed by atoms with van der Waals surface area (Å²) in [5.41, 5.74) is 1.24. The number of nitrogens with one attached hydrogen (secondary N) is 1. The number of carbonyl (C=O) groups is 1. The van der Waals surface area contributed by atoms with Crippen molar-refractivity contribution in [1.29, 1.82) is 0 Å². The van der Waals surface area contributed by atoms with E-state index in [1.807, 2.05) is 24.4 Å². The molecule has 138 valence electrons. The maximum absolute atomic E-state index is 12.7. The fourth-order valence-electron chi connectivity index (χ4n) is 3.31. The summed E-state index contributed by atoms with van der Waals surface area (Å²) in [5, 5.41) is 3.66. The van der Waals surface area contributed by atoms with Crippen LogP contribution >= 0.6 is 11.3 Å². The van der Waals surface area contributed by atoms with E-state index in [0.717, 1.165) is 36.5 Å². The Hall–Kier alpha value is -2.80. The Balaban J connectivity index is 1.36. The largest absolute Gasteiger partial charge is 0.355 e. The molecule has 1 saturated heterocycles. The van der Waals surface area contributed by atoms with Gasteiger partial charge in [0.15, 0.2) is 5.13 Å². The molecule has 3 heterocycles. The van der Waals surface area contributed by atoms with Gasteiger partial charge in [0, 0.05) is 43.0 Å². The third kappa shape index (κ3) is 4.49. The van der Waals surface area contributed by atoms with Crippen LogP contribution in [0.2, 0.25) is 0 Å². The molecule has 1 fully saturated rings. The predicted molar refractivity (Wildman–Crippen MR) is 107 cm³/mol. The van der Waals surface area contributed by atoms with Crippen LogP contribution < -0.4 is 10.2 Å². The van der Waals surface area contributed by atoms with Crippen LogP contribution in [0, 0.1) is 5.92 Å². The van der Waals surface area contributed by atoms with E-state index in [-0.39, 0.29) is 11.8 Å². The molecule has 7 heteroatoms. The third-order valence-corrected chi connectivity index (χ3v) is 5.58. The first-order valence-electron chi connectivity index (χ1n) is 9.08.